The van der Waals surface area contributed by atoms with Gasteiger partial charge in [0.25, 0.3) is 0 Å². The van der Waals surface area contributed by atoms with Crippen LogP contribution in [0.15, 0.2) is 41.5 Å². The van der Waals surface area contributed by atoms with Crippen molar-refractivity contribution < 1.29 is 5.11 Å². The first-order chi connectivity index (χ1) is 7.00. The quantitative estimate of drug-likeness (QED) is 0.714. The second-order valence-electron chi connectivity index (χ2n) is 4.18. The van der Waals surface area contributed by atoms with E-state index in [1.54, 1.807) is 12.1 Å². The van der Waals surface area contributed by atoms with Gasteiger partial charge in [-0.15, -0.1) is 0 Å². The summed E-state index contributed by atoms with van der Waals surface area (Å²) in [4.78, 5) is 0. The SMILES string of the molecule is CC(C)=CC(=C(C)C)c1ccc(O)cc1. The van der Waals surface area contributed by atoms with Gasteiger partial charge in [-0.1, -0.05) is 29.4 Å². The van der Waals surface area contributed by atoms with Gasteiger partial charge in [-0.2, -0.15) is 0 Å². The zero-order chi connectivity index (χ0) is 11.4. The van der Waals surface area contributed by atoms with Crippen molar-refractivity contribution in [2.45, 2.75) is 27.7 Å². The van der Waals surface area contributed by atoms with Crippen molar-refractivity contribution >= 4 is 5.57 Å². The number of rotatable bonds is 2. The molecular weight excluding hydrogens is 184 g/mol. The van der Waals surface area contributed by atoms with Crippen LogP contribution in [0.3, 0.4) is 0 Å². The fourth-order valence-corrected chi connectivity index (χ4v) is 1.45. The molecule has 15 heavy (non-hydrogen) atoms. The molecule has 0 amide bonds. The Labute approximate surface area is 91.8 Å². The maximum atomic E-state index is 9.23. The maximum Gasteiger partial charge on any atom is 0.115 e. The van der Waals surface area contributed by atoms with E-state index in [2.05, 4.69) is 33.8 Å². The van der Waals surface area contributed by atoms with Gasteiger partial charge in [0.05, 0.1) is 0 Å². The first-order valence-electron chi connectivity index (χ1n) is 5.12. The van der Waals surface area contributed by atoms with Gasteiger partial charge in [-0.05, 0) is 51.0 Å². The van der Waals surface area contributed by atoms with E-state index in [-0.39, 0.29) is 0 Å². The highest BCUT2D eigenvalue weighted by Gasteiger charge is 2.00. The lowest BCUT2D eigenvalue weighted by Gasteiger charge is -2.06. The van der Waals surface area contributed by atoms with Crippen LogP contribution < -0.4 is 0 Å². The predicted octanol–water partition coefficient (Wildman–Crippen LogP) is 4.15. The molecule has 0 aliphatic heterocycles. The third-order valence-electron chi connectivity index (χ3n) is 2.15. The monoisotopic (exact) mass is 202 g/mol. The molecule has 0 radical (unpaired) electrons. The van der Waals surface area contributed by atoms with Gasteiger partial charge >= 0.3 is 0 Å². The van der Waals surface area contributed by atoms with Gasteiger partial charge in [0.1, 0.15) is 5.75 Å². The van der Waals surface area contributed by atoms with Gasteiger partial charge < -0.3 is 5.11 Å². The van der Waals surface area contributed by atoms with Crippen LogP contribution in [0.5, 0.6) is 5.75 Å². The normalized spacial score (nSPS) is 9.60. The lowest BCUT2D eigenvalue weighted by atomic mass is 9.99. The van der Waals surface area contributed by atoms with E-state index in [9.17, 15) is 5.11 Å². The fraction of sp³-hybridized carbons (Fsp3) is 0.286. The summed E-state index contributed by atoms with van der Waals surface area (Å²) in [5.41, 5.74) is 4.94. The number of hydrogen-bond donors (Lipinski definition) is 1. The van der Waals surface area contributed by atoms with Crippen LogP contribution >= 0.6 is 0 Å². The Hall–Kier alpha value is -1.50. The maximum absolute atomic E-state index is 9.23. The Morgan fingerprint density at radius 1 is 1.00 bits per heavy atom. The van der Waals surface area contributed by atoms with Crippen molar-refractivity contribution in [1.29, 1.82) is 0 Å². The summed E-state index contributed by atoms with van der Waals surface area (Å²) in [6, 6.07) is 7.32. The summed E-state index contributed by atoms with van der Waals surface area (Å²) in [6.45, 7) is 8.37. The summed E-state index contributed by atoms with van der Waals surface area (Å²) >= 11 is 0. The van der Waals surface area contributed by atoms with Crippen molar-refractivity contribution in [1.82, 2.24) is 0 Å². The van der Waals surface area contributed by atoms with Crippen LogP contribution in [0, 0.1) is 0 Å². The highest BCUT2D eigenvalue weighted by molar-refractivity contribution is 5.76. The number of phenolic OH excluding ortho intramolecular Hbond substituents is 1. The van der Waals surface area contributed by atoms with Crippen molar-refractivity contribution in [3.05, 3.63) is 47.1 Å². The molecule has 1 N–H and O–H groups in total. The highest BCUT2D eigenvalue weighted by atomic mass is 16.3. The number of allylic oxidation sites excluding steroid dienone is 4. The average molecular weight is 202 g/mol. The summed E-state index contributed by atoms with van der Waals surface area (Å²) in [5, 5.41) is 9.23. The molecule has 0 fully saturated rings. The second-order valence-corrected chi connectivity index (χ2v) is 4.18. The molecule has 1 aromatic carbocycles. The number of benzene rings is 1. The molecule has 1 nitrogen and oxygen atoms in total. The Morgan fingerprint density at radius 2 is 1.53 bits per heavy atom. The van der Waals surface area contributed by atoms with Crippen molar-refractivity contribution in [3.8, 4) is 5.75 Å². The van der Waals surface area contributed by atoms with Gasteiger partial charge in [-0.3, -0.25) is 0 Å². The molecule has 80 valence electrons. The van der Waals surface area contributed by atoms with Crippen molar-refractivity contribution in [3.63, 3.8) is 0 Å². The van der Waals surface area contributed by atoms with Gasteiger partial charge in [-0.25, -0.2) is 0 Å². The molecule has 1 aromatic rings. The molecule has 0 heterocycles. The first-order valence-corrected chi connectivity index (χ1v) is 5.12. The minimum absolute atomic E-state index is 0.309. The Balaban J connectivity index is 3.18. The zero-order valence-electron chi connectivity index (χ0n) is 9.83. The summed E-state index contributed by atoms with van der Waals surface area (Å²) in [6.07, 6.45) is 2.17. The molecule has 0 unspecified atom stereocenters. The van der Waals surface area contributed by atoms with Crippen LogP contribution in [0.25, 0.3) is 5.57 Å². The van der Waals surface area contributed by atoms with E-state index < -0.39 is 0 Å². The molecule has 0 saturated carbocycles. The van der Waals surface area contributed by atoms with E-state index in [1.165, 1.54) is 16.7 Å². The predicted molar refractivity (Wildman–Crippen MR) is 65.8 cm³/mol. The summed E-state index contributed by atoms with van der Waals surface area (Å²) < 4.78 is 0. The lowest BCUT2D eigenvalue weighted by Crippen LogP contribution is -1.84. The van der Waals surface area contributed by atoms with E-state index in [1.807, 2.05) is 12.1 Å². The third-order valence-corrected chi connectivity index (χ3v) is 2.15. The largest absolute Gasteiger partial charge is 0.508 e. The third kappa shape index (κ3) is 3.28. The molecule has 0 aliphatic rings. The van der Waals surface area contributed by atoms with Crippen LogP contribution in [0.2, 0.25) is 0 Å². The summed E-state index contributed by atoms with van der Waals surface area (Å²) in [5.74, 6) is 0.309. The van der Waals surface area contributed by atoms with E-state index in [0.29, 0.717) is 5.75 Å². The molecule has 1 rings (SSSR count). The average Bonchev–Trinajstić information content (AvgIpc) is 2.15. The smallest absolute Gasteiger partial charge is 0.115 e. The van der Waals surface area contributed by atoms with Crippen molar-refractivity contribution in [2.24, 2.45) is 0 Å². The molecule has 1 heteroatoms. The lowest BCUT2D eigenvalue weighted by molar-refractivity contribution is 0.475. The minimum atomic E-state index is 0.309. The molecule has 0 saturated heterocycles. The Kier molecular flexibility index (Phi) is 3.73. The molecule has 0 spiro atoms. The van der Waals surface area contributed by atoms with Crippen LogP contribution in [0.4, 0.5) is 0 Å². The second kappa shape index (κ2) is 4.83. The van der Waals surface area contributed by atoms with Crippen LogP contribution in [0.1, 0.15) is 33.3 Å². The molecule has 0 bridgehead atoms. The highest BCUT2D eigenvalue weighted by Crippen LogP contribution is 2.23. The Morgan fingerprint density at radius 3 is 1.93 bits per heavy atom. The topological polar surface area (TPSA) is 20.2 Å². The van der Waals surface area contributed by atoms with Crippen molar-refractivity contribution in [2.75, 3.05) is 0 Å². The minimum Gasteiger partial charge on any atom is -0.508 e. The molecule has 0 aliphatic carbocycles. The number of phenols is 1. The first kappa shape index (κ1) is 11.6. The Bertz CT molecular complexity index is 386. The van der Waals surface area contributed by atoms with Crippen LogP contribution in [-0.2, 0) is 0 Å². The fourth-order valence-electron chi connectivity index (χ4n) is 1.45. The zero-order valence-corrected chi connectivity index (χ0v) is 9.83. The molecule has 0 aromatic heterocycles. The van der Waals surface area contributed by atoms with Gasteiger partial charge in [0, 0.05) is 0 Å². The standard InChI is InChI=1S/C14H18O/c1-10(2)9-14(11(3)4)12-5-7-13(15)8-6-12/h5-9,15H,1-4H3. The van der Waals surface area contributed by atoms with E-state index in [0.717, 1.165) is 5.56 Å². The molecular formula is C14H18O. The van der Waals surface area contributed by atoms with E-state index in [4.69, 9.17) is 0 Å². The number of aromatic hydroxyl groups is 1. The van der Waals surface area contributed by atoms with Gasteiger partial charge in [0.15, 0.2) is 0 Å². The molecule has 0 atom stereocenters. The summed E-state index contributed by atoms with van der Waals surface area (Å²) in [7, 11) is 0. The van der Waals surface area contributed by atoms with Crippen LogP contribution in [-0.4, -0.2) is 5.11 Å². The van der Waals surface area contributed by atoms with E-state index >= 15 is 0 Å². The van der Waals surface area contributed by atoms with Gasteiger partial charge in [0.2, 0.25) is 0 Å². The number of hydrogen-bond acceptors (Lipinski definition) is 1.